The smallest absolute Gasteiger partial charge is 0.429 e. The van der Waals surface area contributed by atoms with Gasteiger partial charge in [0, 0.05) is 34.8 Å². The molecule has 5 atom stereocenters. The van der Waals surface area contributed by atoms with E-state index in [9.17, 15) is 50.2 Å². The molecule has 3 aromatic carbocycles. The molecule has 3 aromatic rings. The van der Waals surface area contributed by atoms with E-state index in [0.717, 1.165) is 49.1 Å². The highest BCUT2D eigenvalue weighted by atomic mass is 19.4. The number of hydrogen-bond donors (Lipinski definition) is 4. The zero-order chi connectivity index (χ0) is 41.5. The summed E-state index contributed by atoms with van der Waals surface area (Å²) in [4.78, 5) is 40.5. The predicted octanol–water partition coefficient (Wildman–Crippen LogP) is 8.63. The molecule has 0 aliphatic heterocycles. The molecule has 7 rings (SSSR count). The highest BCUT2D eigenvalue weighted by Gasteiger charge is 2.55. The van der Waals surface area contributed by atoms with E-state index in [0.29, 0.717) is 37.8 Å². The molecule has 0 heterocycles. The molecule has 1 unspecified atom stereocenters. The molecule has 3 amide bonds. The van der Waals surface area contributed by atoms with Crippen molar-refractivity contribution in [1.82, 2.24) is 10.6 Å². The number of aliphatic hydroxyl groups excluding tert-OH is 1. The van der Waals surface area contributed by atoms with Crippen LogP contribution in [0.3, 0.4) is 0 Å². The molecule has 9 nitrogen and oxygen atoms in total. The van der Waals surface area contributed by atoms with Crippen molar-refractivity contribution < 1.29 is 64.1 Å². The Morgan fingerprint density at radius 1 is 0.845 bits per heavy atom. The van der Waals surface area contributed by atoms with Gasteiger partial charge in [-0.25, -0.2) is 13.6 Å². The Balaban J connectivity index is 1.19. The number of halogens is 8. The van der Waals surface area contributed by atoms with Crippen molar-refractivity contribution in [2.24, 2.45) is 23.7 Å². The van der Waals surface area contributed by atoms with E-state index in [-0.39, 0.29) is 58.5 Å². The van der Waals surface area contributed by atoms with Crippen molar-refractivity contribution in [3.63, 3.8) is 0 Å². The SMILES string of the molecule is O=C(NC1CCC1)OC(c1ccc(F)c(-c2ccc(OCCO)c(C(=O)N[C@H]3[C@@H](C(=O)Nc4ccc(F)c(C(F)(F)F)c4)[C@H]4CC[C@@H]3/C4=C\C3CC3)c2)c1)C(F)(F)F. The molecule has 2 bridgehead atoms. The molecule has 4 fully saturated rings. The summed E-state index contributed by atoms with van der Waals surface area (Å²) in [7, 11) is 0. The summed E-state index contributed by atoms with van der Waals surface area (Å²) in [6.45, 7) is -0.738. The van der Waals surface area contributed by atoms with Gasteiger partial charge in [-0.15, -0.1) is 0 Å². The van der Waals surface area contributed by atoms with Gasteiger partial charge in [0.05, 0.1) is 23.7 Å². The minimum Gasteiger partial charge on any atom is -0.490 e. The number of hydrogen-bond acceptors (Lipinski definition) is 6. The fraction of sp³-hybridized carbons (Fsp3) is 0.439. The Bertz CT molecular complexity index is 2100. The number of amides is 3. The first-order valence-corrected chi connectivity index (χ1v) is 18.9. The van der Waals surface area contributed by atoms with Gasteiger partial charge in [-0.1, -0.05) is 23.8 Å². The van der Waals surface area contributed by atoms with Crippen LogP contribution in [0.4, 0.5) is 45.6 Å². The van der Waals surface area contributed by atoms with Crippen LogP contribution in [0.5, 0.6) is 5.75 Å². The molecular weight excluding hydrogens is 782 g/mol. The summed E-state index contributed by atoms with van der Waals surface area (Å²) in [6.07, 6.45) is -7.05. The average molecular weight is 822 g/mol. The Labute approximate surface area is 327 Å². The van der Waals surface area contributed by atoms with Gasteiger partial charge in [0.1, 0.15) is 24.0 Å². The third kappa shape index (κ3) is 8.78. The standard InChI is InChI=1S/C41H39F8N3O6/c42-31-11-6-22(36(41(47,48)49)58-39(56)51-23-2-1-3-23)18-27(31)21-7-13-33(57-15-14-53)29(17-21)37(54)52-35-26-10-9-25(28(26)16-20-4-5-20)34(35)38(55)50-24-8-12-32(43)30(19-24)40(44,45)46/h6-8,11-13,16-20,23,25-26,34-36,53H,1-5,9-10,14-15H2,(H,50,55)(H,51,56)(H,52,54)/b28-16-/t25-,26+,34-,35+,36?/m0/s1. The number of benzene rings is 3. The first-order valence-electron chi connectivity index (χ1n) is 18.9. The van der Waals surface area contributed by atoms with Crippen LogP contribution in [0.1, 0.15) is 72.5 Å². The molecule has 0 aromatic heterocycles. The summed E-state index contributed by atoms with van der Waals surface area (Å²) >= 11 is 0. The summed E-state index contributed by atoms with van der Waals surface area (Å²) < 4.78 is 123. The lowest BCUT2D eigenvalue weighted by Gasteiger charge is -2.30. The van der Waals surface area contributed by atoms with Crippen LogP contribution in [0.25, 0.3) is 11.1 Å². The number of aliphatic hydroxyl groups is 1. The molecule has 0 spiro atoms. The van der Waals surface area contributed by atoms with Gasteiger partial charge in [-0.05, 0) is 105 Å². The maximum atomic E-state index is 15.5. The minimum absolute atomic E-state index is 0.0611. The zero-order valence-electron chi connectivity index (χ0n) is 30.7. The lowest BCUT2D eigenvalue weighted by atomic mass is 9.83. The van der Waals surface area contributed by atoms with E-state index in [1.807, 2.05) is 0 Å². The summed E-state index contributed by atoms with van der Waals surface area (Å²) in [5.41, 5.74) is -2.17. The van der Waals surface area contributed by atoms with Gasteiger partial charge in [0.25, 0.3) is 5.91 Å². The number of alkyl halides is 6. The minimum atomic E-state index is -5.08. The van der Waals surface area contributed by atoms with Crippen LogP contribution in [0.2, 0.25) is 0 Å². The maximum Gasteiger partial charge on any atom is 0.429 e. The number of carbonyl (C=O) groups excluding carboxylic acids is 3. The second-order valence-corrected chi connectivity index (χ2v) is 15.1. The number of rotatable bonds is 12. The summed E-state index contributed by atoms with van der Waals surface area (Å²) in [6, 6.07) is 7.11. The van der Waals surface area contributed by atoms with Crippen molar-refractivity contribution in [2.75, 3.05) is 18.5 Å². The van der Waals surface area contributed by atoms with Crippen LogP contribution in [0.15, 0.2) is 66.2 Å². The molecule has 310 valence electrons. The molecule has 4 aliphatic carbocycles. The van der Waals surface area contributed by atoms with Gasteiger partial charge in [0.2, 0.25) is 12.0 Å². The lowest BCUT2D eigenvalue weighted by Crippen LogP contribution is -2.48. The lowest BCUT2D eigenvalue weighted by molar-refractivity contribution is -0.206. The van der Waals surface area contributed by atoms with Crippen LogP contribution in [0, 0.1) is 35.3 Å². The average Bonchev–Trinajstić information content (AvgIpc) is 3.83. The second kappa shape index (κ2) is 16.2. The predicted molar refractivity (Wildman–Crippen MR) is 192 cm³/mol. The zero-order valence-corrected chi connectivity index (χ0v) is 30.7. The number of alkyl carbamates (subject to hydrolysis) is 1. The number of carbonyl (C=O) groups is 3. The number of nitrogens with one attached hydrogen (secondary N) is 3. The van der Waals surface area contributed by atoms with Gasteiger partial charge in [-0.2, -0.15) is 26.3 Å². The van der Waals surface area contributed by atoms with E-state index in [1.165, 1.54) is 18.2 Å². The fourth-order valence-corrected chi connectivity index (χ4v) is 8.10. The van der Waals surface area contributed by atoms with Crippen molar-refractivity contribution >= 4 is 23.6 Å². The second-order valence-electron chi connectivity index (χ2n) is 15.1. The maximum absolute atomic E-state index is 15.5. The van der Waals surface area contributed by atoms with Gasteiger partial charge < -0.3 is 30.5 Å². The topological polar surface area (TPSA) is 126 Å². The van der Waals surface area contributed by atoms with E-state index in [2.05, 4.69) is 22.0 Å². The van der Waals surface area contributed by atoms with Gasteiger partial charge >= 0.3 is 18.4 Å². The van der Waals surface area contributed by atoms with Gasteiger partial charge in [0.15, 0.2) is 0 Å². The van der Waals surface area contributed by atoms with Crippen LogP contribution in [-0.2, 0) is 15.7 Å². The Hall–Kier alpha value is -5.19. The van der Waals surface area contributed by atoms with Crippen LogP contribution in [-0.4, -0.2) is 54.5 Å². The molecule has 4 N–H and O–H groups in total. The molecule has 17 heteroatoms. The first-order chi connectivity index (χ1) is 27.5. The fourth-order valence-electron chi connectivity index (χ4n) is 8.10. The van der Waals surface area contributed by atoms with Crippen LogP contribution < -0.4 is 20.7 Å². The summed E-state index contributed by atoms with van der Waals surface area (Å²) in [5, 5.41) is 17.2. The molecule has 58 heavy (non-hydrogen) atoms. The van der Waals surface area contributed by atoms with E-state index >= 15 is 4.39 Å². The number of ether oxygens (including phenoxy) is 2. The van der Waals surface area contributed by atoms with Crippen molar-refractivity contribution in [3.05, 3.63) is 94.6 Å². The third-order valence-electron chi connectivity index (χ3n) is 11.2. The monoisotopic (exact) mass is 821 g/mol. The highest BCUT2D eigenvalue weighted by Crippen LogP contribution is 2.54. The van der Waals surface area contributed by atoms with Crippen molar-refractivity contribution in [2.45, 2.75) is 75.5 Å². The normalized spacial score (nSPS) is 22.9. The quantitative estimate of drug-likeness (QED) is 0.107. The Kier molecular flexibility index (Phi) is 11.5. The van der Waals surface area contributed by atoms with Crippen molar-refractivity contribution in [3.8, 4) is 16.9 Å². The largest absolute Gasteiger partial charge is 0.490 e. The Morgan fingerprint density at radius 3 is 2.22 bits per heavy atom. The molecule has 0 radical (unpaired) electrons. The van der Waals surface area contributed by atoms with E-state index in [1.54, 1.807) is 0 Å². The molecule has 4 aliphatic rings. The molecule has 4 saturated carbocycles. The Morgan fingerprint density at radius 2 is 1.57 bits per heavy atom. The van der Waals surface area contributed by atoms with Crippen LogP contribution >= 0.6 is 0 Å². The molecular formula is C41H39F8N3O6. The van der Waals surface area contributed by atoms with Crippen molar-refractivity contribution in [1.29, 1.82) is 0 Å². The highest BCUT2D eigenvalue weighted by molar-refractivity contribution is 6.00. The van der Waals surface area contributed by atoms with Gasteiger partial charge in [-0.3, -0.25) is 9.59 Å². The number of allylic oxidation sites excluding steroid dienone is 1. The first kappa shape index (κ1) is 41.0. The number of fused-ring (bicyclic) bond motifs is 2. The number of anilines is 1. The summed E-state index contributed by atoms with van der Waals surface area (Å²) in [5.74, 6) is -5.47. The van der Waals surface area contributed by atoms with E-state index in [4.69, 9.17) is 9.47 Å². The molecule has 0 saturated heterocycles. The third-order valence-corrected chi connectivity index (χ3v) is 11.2. The van der Waals surface area contributed by atoms with E-state index < -0.39 is 77.7 Å².